The zero-order valence-corrected chi connectivity index (χ0v) is 32.2. The molecule has 272 valence electrons. The third-order valence-corrected chi connectivity index (χ3v) is 12.7. The molecule has 0 fully saturated rings. The van der Waals surface area contributed by atoms with Gasteiger partial charge in [-0.05, 0) is 95.6 Å². The van der Waals surface area contributed by atoms with Crippen LogP contribution in [0, 0.1) is 0 Å². The molecule has 4 heteroatoms. The fraction of sp³-hybridized carbons (Fsp3) is 0. The first-order valence-electron chi connectivity index (χ1n) is 19.7. The summed E-state index contributed by atoms with van der Waals surface area (Å²) in [5.74, 6) is 0. The Morgan fingerprint density at radius 2 is 1.02 bits per heavy atom. The summed E-state index contributed by atoms with van der Waals surface area (Å²) in [6.45, 7) is 0. The normalized spacial score (nSPS) is 11.8. The van der Waals surface area contributed by atoms with Crippen LogP contribution >= 0.6 is 11.3 Å². The molecule has 0 bridgehead atoms. The van der Waals surface area contributed by atoms with E-state index >= 15 is 0 Å². The largest absolute Gasteiger partial charge is 0.456 e. The summed E-state index contributed by atoms with van der Waals surface area (Å²) >= 11 is 1.85. The molecule has 3 aromatic heterocycles. The van der Waals surface area contributed by atoms with Crippen LogP contribution in [0.4, 0.5) is 17.1 Å². The van der Waals surface area contributed by atoms with E-state index in [2.05, 4.69) is 210 Å². The highest BCUT2D eigenvalue weighted by Gasteiger charge is 2.23. The predicted octanol–water partition coefficient (Wildman–Crippen LogP) is 15.9. The van der Waals surface area contributed by atoms with E-state index in [1.54, 1.807) is 0 Å². The van der Waals surface area contributed by atoms with E-state index in [1.165, 1.54) is 47.6 Å². The minimum Gasteiger partial charge on any atom is -0.456 e. The van der Waals surface area contributed by atoms with Gasteiger partial charge in [-0.25, -0.2) is 0 Å². The van der Waals surface area contributed by atoms with Crippen LogP contribution < -0.4 is 4.90 Å². The maximum Gasteiger partial charge on any atom is 0.135 e. The van der Waals surface area contributed by atoms with Crippen LogP contribution in [0.1, 0.15) is 0 Å². The molecule has 0 aliphatic heterocycles. The van der Waals surface area contributed by atoms with Gasteiger partial charge in [0.1, 0.15) is 11.2 Å². The first kappa shape index (κ1) is 32.8. The first-order valence-corrected chi connectivity index (χ1v) is 20.5. The Balaban J connectivity index is 1.18. The van der Waals surface area contributed by atoms with E-state index in [0.717, 1.165) is 61.3 Å². The second-order valence-electron chi connectivity index (χ2n) is 14.9. The van der Waals surface area contributed by atoms with Gasteiger partial charge in [0, 0.05) is 64.3 Å². The van der Waals surface area contributed by atoms with E-state index in [1.807, 2.05) is 17.4 Å². The number of hydrogen-bond acceptors (Lipinski definition) is 3. The monoisotopic (exact) mass is 758 g/mol. The molecule has 9 aromatic carbocycles. The van der Waals surface area contributed by atoms with E-state index in [0.29, 0.717) is 0 Å². The van der Waals surface area contributed by atoms with Crippen LogP contribution in [0.5, 0.6) is 0 Å². The van der Waals surface area contributed by atoms with Gasteiger partial charge in [-0.2, -0.15) is 0 Å². The van der Waals surface area contributed by atoms with Crippen LogP contribution in [0.2, 0.25) is 0 Å². The highest BCUT2D eigenvalue weighted by molar-refractivity contribution is 7.25. The van der Waals surface area contributed by atoms with Crippen LogP contribution in [0.3, 0.4) is 0 Å². The Bertz CT molecular complexity index is 3500. The van der Waals surface area contributed by atoms with Gasteiger partial charge in [0.05, 0.1) is 16.7 Å². The van der Waals surface area contributed by atoms with Gasteiger partial charge in [0.25, 0.3) is 0 Å². The number of nitrogens with zero attached hydrogens (tertiary/aromatic N) is 2. The van der Waals surface area contributed by atoms with Crippen LogP contribution in [-0.2, 0) is 0 Å². The summed E-state index contributed by atoms with van der Waals surface area (Å²) < 4.78 is 11.3. The number of thiophene rings is 1. The molecule has 0 amide bonds. The molecule has 0 N–H and O–H groups in total. The third-order valence-electron chi connectivity index (χ3n) is 11.6. The summed E-state index contributed by atoms with van der Waals surface area (Å²) in [6.07, 6.45) is 0. The van der Waals surface area contributed by atoms with Crippen LogP contribution in [0.25, 0.3) is 91.9 Å². The Morgan fingerprint density at radius 1 is 0.379 bits per heavy atom. The van der Waals surface area contributed by atoms with Gasteiger partial charge in [0.2, 0.25) is 0 Å². The maximum atomic E-state index is 6.34. The van der Waals surface area contributed by atoms with Gasteiger partial charge < -0.3 is 13.9 Å². The molecule has 3 heterocycles. The van der Waals surface area contributed by atoms with Crippen molar-refractivity contribution in [1.29, 1.82) is 0 Å². The van der Waals surface area contributed by atoms with Crippen molar-refractivity contribution in [3.05, 3.63) is 206 Å². The number of furan rings is 1. The lowest BCUT2D eigenvalue weighted by Gasteiger charge is -2.29. The second-order valence-corrected chi connectivity index (χ2v) is 16.0. The van der Waals surface area contributed by atoms with E-state index in [-0.39, 0.29) is 0 Å². The molecule has 0 radical (unpaired) electrons. The van der Waals surface area contributed by atoms with Crippen molar-refractivity contribution in [2.45, 2.75) is 0 Å². The molecule has 3 nitrogen and oxygen atoms in total. The summed E-state index contributed by atoms with van der Waals surface area (Å²) in [4.78, 5) is 2.46. The SMILES string of the molecule is c1ccc(-c2ccc(N(c3ccc4c(c3)sc3ccccc34)c3cc4c(cc3-c3ccc5oc6ccccc6c5c3)c3ccccc3n4-c3ccccc3)cc2)cc1. The lowest BCUT2D eigenvalue weighted by Crippen LogP contribution is -2.11. The number of rotatable bonds is 6. The second kappa shape index (κ2) is 13.1. The fourth-order valence-electron chi connectivity index (χ4n) is 8.88. The first-order chi connectivity index (χ1) is 28.7. The fourth-order valence-corrected chi connectivity index (χ4v) is 10.0. The molecule has 12 aromatic rings. The highest BCUT2D eigenvalue weighted by Crippen LogP contribution is 2.48. The predicted molar refractivity (Wildman–Crippen MR) is 247 cm³/mol. The Labute approximate surface area is 338 Å². The summed E-state index contributed by atoms with van der Waals surface area (Å²) in [5, 5.41) is 7.22. The van der Waals surface area contributed by atoms with Gasteiger partial charge in [-0.15, -0.1) is 11.3 Å². The van der Waals surface area contributed by atoms with Crippen molar-refractivity contribution in [3.63, 3.8) is 0 Å². The molecule has 12 rings (SSSR count). The standard InChI is InChI=1S/C54H34N2OS/c1-3-13-35(14-4-1)36-23-26-39(27-24-36)55(40-28-29-44-43-19-9-12-22-53(43)58-54(44)32-40)49-34-50-46(41-17-7-10-20-48(41)56(50)38-15-5-2-6-16-38)33-45(49)37-25-30-52-47(31-37)42-18-8-11-21-51(42)57-52/h1-34H. The van der Waals surface area contributed by atoms with Crippen molar-refractivity contribution >= 4 is 92.3 Å². The number of aromatic nitrogens is 1. The average Bonchev–Trinajstić information content (AvgIpc) is 3.96. The third kappa shape index (κ3) is 5.19. The van der Waals surface area contributed by atoms with Gasteiger partial charge in [0.15, 0.2) is 0 Å². The van der Waals surface area contributed by atoms with Crippen molar-refractivity contribution < 1.29 is 4.42 Å². The van der Waals surface area contributed by atoms with Crippen molar-refractivity contribution in [1.82, 2.24) is 4.57 Å². The molecule has 0 aliphatic rings. The number of para-hydroxylation sites is 3. The number of benzene rings is 9. The van der Waals surface area contributed by atoms with Crippen molar-refractivity contribution in [2.24, 2.45) is 0 Å². The molecule has 0 saturated carbocycles. The van der Waals surface area contributed by atoms with Gasteiger partial charge in [-0.3, -0.25) is 0 Å². The minimum absolute atomic E-state index is 0.886. The van der Waals surface area contributed by atoms with Crippen LogP contribution in [0.15, 0.2) is 211 Å². The average molecular weight is 759 g/mol. The summed E-state index contributed by atoms with van der Waals surface area (Å²) in [6, 6.07) is 74.7. The minimum atomic E-state index is 0.886. The van der Waals surface area contributed by atoms with Gasteiger partial charge >= 0.3 is 0 Å². The number of hydrogen-bond donors (Lipinski definition) is 0. The molecule has 0 unspecified atom stereocenters. The lowest BCUT2D eigenvalue weighted by atomic mass is 9.97. The maximum absolute atomic E-state index is 6.34. The van der Waals surface area contributed by atoms with Crippen LogP contribution in [-0.4, -0.2) is 4.57 Å². The smallest absolute Gasteiger partial charge is 0.135 e. The quantitative estimate of drug-likeness (QED) is 0.168. The molecule has 0 saturated heterocycles. The Kier molecular flexibility index (Phi) is 7.40. The molecule has 0 atom stereocenters. The summed E-state index contributed by atoms with van der Waals surface area (Å²) in [7, 11) is 0. The molecule has 0 spiro atoms. The molecular weight excluding hydrogens is 725 g/mol. The molecule has 58 heavy (non-hydrogen) atoms. The van der Waals surface area contributed by atoms with Gasteiger partial charge in [-0.1, -0.05) is 127 Å². The topological polar surface area (TPSA) is 21.3 Å². The number of anilines is 3. The molecular formula is C54H34N2OS. The number of fused-ring (bicyclic) bond motifs is 9. The van der Waals surface area contributed by atoms with Crippen molar-refractivity contribution in [2.75, 3.05) is 4.90 Å². The Hall–Kier alpha value is -7.40. The zero-order valence-electron chi connectivity index (χ0n) is 31.3. The van der Waals surface area contributed by atoms with E-state index in [4.69, 9.17) is 4.42 Å². The van der Waals surface area contributed by atoms with E-state index in [9.17, 15) is 0 Å². The zero-order chi connectivity index (χ0) is 38.2. The van der Waals surface area contributed by atoms with Crippen molar-refractivity contribution in [3.8, 4) is 27.9 Å². The lowest BCUT2D eigenvalue weighted by molar-refractivity contribution is 0.669. The highest BCUT2D eigenvalue weighted by atomic mass is 32.1. The molecule has 0 aliphatic carbocycles. The van der Waals surface area contributed by atoms with E-state index < -0.39 is 0 Å². The summed E-state index contributed by atoms with van der Waals surface area (Å²) in [5.41, 5.74) is 13.1. The Morgan fingerprint density at radius 3 is 1.86 bits per heavy atom.